The van der Waals surface area contributed by atoms with Crippen LogP contribution in [0.15, 0.2) is 20.1 Å². The van der Waals surface area contributed by atoms with Crippen molar-refractivity contribution in [3.05, 3.63) is 15.9 Å². The van der Waals surface area contributed by atoms with Gasteiger partial charge in [-0.05, 0) is 33.8 Å². The predicted octanol–water partition coefficient (Wildman–Crippen LogP) is 2.24. The fourth-order valence-electron chi connectivity index (χ4n) is 2.00. The second-order valence-corrected chi connectivity index (χ2v) is 8.24. The van der Waals surface area contributed by atoms with Gasteiger partial charge in [0, 0.05) is 11.0 Å². The Bertz CT molecular complexity index is 631. The number of carboxylic acids is 1. The van der Waals surface area contributed by atoms with Crippen LogP contribution in [0.1, 0.15) is 6.42 Å². The number of halogens is 3. The Labute approximate surface area is 126 Å². The van der Waals surface area contributed by atoms with E-state index in [-0.39, 0.29) is 10.8 Å². The van der Waals surface area contributed by atoms with Crippen molar-refractivity contribution in [3.8, 4) is 0 Å². The summed E-state index contributed by atoms with van der Waals surface area (Å²) in [7, 11) is -4.04. The van der Waals surface area contributed by atoms with Crippen molar-refractivity contribution in [3.63, 3.8) is 0 Å². The highest BCUT2D eigenvalue weighted by Gasteiger charge is 2.51. The van der Waals surface area contributed by atoms with E-state index in [1.165, 1.54) is 11.4 Å². The highest BCUT2D eigenvalue weighted by Crippen LogP contribution is 2.37. The predicted molar refractivity (Wildman–Crippen MR) is 71.5 cm³/mol. The minimum Gasteiger partial charge on any atom is -0.481 e. The monoisotopic (exact) mass is 389 g/mol. The fraction of sp³-hybridized carbons (Fsp3) is 0.500. The normalized spacial score (nSPS) is 23.6. The molecule has 1 aliphatic heterocycles. The molecular weight excluding hydrogens is 380 g/mol. The smallest absolute Gasteiger partial charge is 0.312 e. The van der Waals surface area contributed by atoms with Crippen molar-refractivity contribution in [2.75, 3.05) is 13.1 Å². The van der Waals surface area contributed by atoms with Gasteiger partial charge in [-0.15, -0.1) is 11.3 Å². The summed E-state index contributed by atoms with van der Waals surface area (Å²) in [5.74, 6) is -7.04. The second-order valence-electron chi connectivity index (χ2n) is 4.34. The quantitative estimate of drug-likeness (QED) is 0.859. The van der Waals surface area contributed by atoms with E-state index in [0.29, 0.717) is 8.78 Å². The molecule has 0 saturated carbocycles. The maximum absolute atomic E-state index is 13.7. The minimum absolute atomic E-state index is 0.0536. The molecule has 1 saturated heterocycles. The summed E-state index contributed by atoms with van der Waals surface area (Å²) in [6.45, 7) is -1.35. The van der Waals surface area contributed by atoms with Crippen LogP contribution in [-0.2, 0) is 14.8 Å². The molecule has 1 aliphatic rings. The fourth-order valence-corrected chi connectivity index (χ4v) is 5.91. The summed E-state index contributed by atoms with van der Waals surface area (Å²) in [5.41, 5.74) is 0. The Morgan fingerprint density at radius 3 is 2.65 bits per heavy atom. The third kappa shape index (κ3) is 2.74. The van der Waals surface area contributed by atoms with Crippen LogP contribution >= 0.6 is 27.3 Å². The SMILES string of the molecule is O=C(O)C1CCN(S(=O)(=O)c2sccc2Br)CC1(F)F. The van der Waals surface area contributed by atoms with Gasteiger partial charge in [0.05, 0.1) is 6.54 Å². The van der Waals surface area contributed by atoms with Crippen molar-refractivity contribution in [2.24, 2.45) is 5.92 Å². The van der Waals surface area contributed by atoms with Crippen molar-refractivity contribution < 1.29 is 27.1 Å². The Balaban J connectivity index is 2.29. The number of thiophene rings is 1. The molecule has 20 heavy (non-hydrogen) atoms. The van der Waals surface area contributed by atoms with E-state index in [1.807, 2.05) is 0 Å². The van der Waals surface area contributed by atoms with E-state index < -0.39 is 40.8 Å². The first-order valence-electron chi connectivity index (χ1n) is 5.50. The van der Waals surface area contributed by atoms with Crippen molar-refractivity contribution in [2.45, 2.75) is 16.6 Å². The average Bonchev–Trinajstić information content (AvgIpc) is 2.74. The van der Waals surface area contributed by atoms with Crippen LogP contribution < -0.4 is 0 Å². The Morgan fingerprint density at radius 1 is 1.55 bits per heavy atom. The maximum Gasteiger partial charge on any atom is 0.312 e. The van der Waals surface area contributed by atoms with Crippen LogP contribution in [0.2, 0.25) is 0 Å². The number of alkyl halides is 2. The molecule has 1 N–H and O–H groups in total. The van der Waals surface area contributed by atoms with Gasteiger partial charge >= 0.3 is 5.97 Å². The van der Waals surface area contributed by atoms with Crippen molar-refractivity contribution >= 4 is 43.3 Å². The highest BCUT2D eigenvalue weighted by atomic mass is 79.9. The molecular formula is C10H10BrF2NO4S2. The number of sulfonamides is 1. The van der Waals surface area contributed by atoms with E-state index in [0.717, 1.165) is 11.3 Å². The molecule has 0 aliphatic carbocycles. The van der Waals surface area contributed by atoms with E-state index in [4.69, 9.17) is 5.11 Å². The van der Waals surface area contributed by atoms with Gasteiger partial charge in [-0.25, -0.2) is 17.2 Å². The van der Waals surface area contributed by atoms with Gasteiger partial charge in [-0.3, -0.25) is 4.79 Å². The van der Waals surface area contributed by atoms with E-state index in [1.54, 1.807) is 0 Å². The van der Waals surface area contributed by atoms with Crippen LogP contribution in [0.3, 0.4) is 0 Å². The zero-order valence-corrected chi connectivity index (χ0v) is 13.1. The molecule has 0 bridgehead atoms. The number of rotatable bonds is 3. The first-order chi connectivity index (χ1) is 9.16. The summed E-state index contributed by atoms with van der Waals surface area (Å²) in [5, 5.41) is 10.3. The van der Waals surface area contributed by atoms with Gasteiger partial charge in [0.15, 0.2) is 0 Å². The van der Waals surface area contributed by atoms with Crippen LogP contribution in [0.4, 0.5) is 8.78 Å². The molecule has 1 fully saturated rings. The van der Waals surface area contributed by atoms with Crippen LogP contribution in [0.25, 0.3) is 0 Å². The molecule has 1 aromatic rings. The summed E-state index contributed by atoms with van der Waals surface area (Å²) in [4.78, 5) is 10.8. The molecule has 2 rings (SSSR count). The Kier molecular flexibility index (Phi) is 4.20. The maximum atomic E-state index is 13.7. The number of aliphatic carboxylic acids is 1. The van der Waals surface area contributed by atoms with Crippen LogP contribution in [0.5, 0.6) is 0 Å². The molecule has 0 aromatic carbocycles. The van der Waals surface area contributed by atoms with Crippen LogP contribution in [0, 0.1) is 5.92 Å². The van der Waals surface area contributed by atoms with Gasteiger partial charge in [-0.2, -0.15) is 4.31 Å². The Morgan fingerprint density at radius 2 is 2.20 bits per heavy atom. The van der Waals surface area contributed by atoms with Gasteiger partial charge in [0.1, 0.15) is 10.1 Å². The number of carbonyl (C=O) groups is 1. The van der Waals surface area contributed by atoms with E-state index >= 15 is 0 Å². The topological polar surface area (TPSA) is 74.7 Å². The molecule has 0 amide bonds. The van der Waals surface area contributed by atoms with Crippen molar-refractivity contribution in [1.82, 2.24) is 4.31 Å². The third-order valence-electron chi connectivity index (χ3n) is 3.02. The number of hydrogen-bond acceptors (Lipinski definition) is 4. The lowest BCUT2D eigenvalue weighted by Crippen LogP contribution is -2.52. The van der Waals surface area contributed by atoms with E-state index in [2.05, 4.69) is 15.9 Å². The third-order valence-corrected chi connectivity index (χ3v) is 7.51. The first kappa shape index (κ1) is 15.8. The van der Waals surface area contributed by atoms with Gasteiger partial charge in [0.25, 0.3) is 15.9 Å². The highest BCUT2D eigenvalue weighted by molar-refractivity contribution is 9.10. The van der Waals surface area contributed by atoms with Crippen LogP contribution in [-0.4, -0.2) is 42.8 Å². The number of nitrogens with zero attached hydrogens (tertiary/aromatic N) is 1. The van der Waals surface area contributed by atoms with Gasteiger partial charge in [-0.1, -0.05) is 0 Å². The molecule has 2 heterocycles. The first-order valence-corrected chi connectivity index (χ1v) is 8.61. The zero-order chi connectivity index (χ0) is 15.1. The molecule has 0 radical (unpaired) electrons. The summed E-state index contributed by atoms with van der Waals surface area (Å²) >= 11 is 3.97. The van der Waals surface area contributed by atoms with E-state index in [9.17, 15) is 22.0 Å². The minimum atomic E-state index is -4.04. The molecule has 112 valence electrons. The molecule has 10 heteroatoms. The largest absolute Gasteiger partial charge is 0.481 e. The van der Waals surface area contributed by atoms with Crippen molar-refractivity contribution in [1.29, 1.82) is 0 Å². The molecule has 5 nitrogen and oxygen atoms in total. The molecule has 1 unspecified atom stereocenters. The summed E-state index contributed by atoms with van der Waals surface area (Å²) in [6, 6.07) is 1.51. The van der Waals surface area contributed by atoms with Gasteiger partial charge in [0.2, 0.25) is 0 Å². The number of piperidine rings is 1. The lowest BCUT2D eigenvalue weighted by atomic mass is 9.94. The number of carboxylic acid groups (broad SMARTS) is 1. The lowest BCUT2D eigenvalue weighted by Gasteiger charge is -2.35. The number of hydrogen-bond donors (Lipinski definition) is 1. The zero-order valence-electron chi connectivity index (χ0n) is 9.92. The lowest BCUT2D eigenvalue weighted by molar-refractivity contribution is -0.163. The summed E-state index contributed by atoms with van der Waals surface area (Å²) < 4.78 is 52.9. The second kappa shape index (κ2) is 5.32. The summed E-state index contributed by atoms with van der Waals surface area (Å²) in [6.07, 6.45) is -0.412. The molecule has 0 spiro atoms. The van der Waals surface area contributed by atoms with Gasteiger partial charge < -0.3 is 5.11 Å². The molecule has 1 atom stereocenters. The Hall–Kier alpha value is -0.580. The average molecular weight is 390 g/mol. The molecule has 1 aromatic heterocycles. The standard InChI is InChI=1S/C10H10BrF2NO4S2/c11-7-2-4-19-9(7)20(17,18)14-3-1-6(8(15)16)10(12,13)5-14/h2,4,6H,1,3,5H2,(H,15,16).